The largest absolute Gasteiger partial charge is 0.345 e. The van der Waals surface area contributed by atoms with Crippen LogP contribution >= 0.6 is 0 Å². The maximum atomic E-state index is 12.3. The normalized spacial score (nSPS) is 30.5. The molecule has 0 aromatic rings. The van der Waals surface area contributed by atoms with Crippen molar-refractivity contribution < 1.29 is 9.59 Å². The number of piperidine rings is 1. The number of amides is 2. The van der Waals surface area contributed by atoms with Crippen molar-refractivity contribution >= 4 is 11.8 Å². The number of hydrogen-bond donors (Lipinski definition) is 3. The molecule has 5 heteroatoms. The van der Waals surface area contributed by atoms with E-state index in [2.05, 4.69) is 50.6 Å². The molecule has 0 radical (unpaired) electrons. The monoisotopic (exact) mass is 323 g/mol. The molecule has 132 valence electrons. The second kappa shape index (κ2) is 6.80. The summed E-state index contributed by atoms with van der Waals surface area (Å²) < 4.78 is 0. The average molecular weight is 323 g/mol. The number of carbonyl (C=O) groups excluding carboxylic acids is 2. The zero-order valence-electron chi connectivity index (χ0n) is 15.3. The lowest BCUT2D eigenvalue weighted by Crippen LogP contribution is -2.63. The molecule has 1 aliphatic carbocycles. The van der Waals surface area contributed by atoms with Gasteiger partial charge in [-0.3, -0.25) is 9.59 Å². The first-order valence-electron chi connectivity index (χ1n) is 8.99. The fraction of sp³-hybridized carbons (Fsp3) is 0.889. The van der Waals surface area contributed by atoms with E-state index in [1.807, 2.05) is 0 Å². The molecule has 2 atom stereocenters. The smallest absolute Gasteiger partial charge is 0.309 e. The van der Waals surface area contributed by atoms with Crippen LogP contribution < -0.4 is 16.0 Å². The zero-order valence-corrected chi connectivity index (χ0v) is 15.3. The third-order valence-corrected chi connectivity index (χ3v) is 5.16. The van der Waals surface area contributed by atoms with Gasteiger partial charge in [-0.2, -0.15) is 0 Å². The lowest BCUT2D eigenvalue weighted by molar-refractivity contribution is -0.140. The van der Waals surface area contributed by atoms with Crippen LogP contribution in [0.25, 0.3) is 0 Å². The van der Waals surface area contributed by atoms with Crippen LogP contribution in [0.1, 0.15) is 73.1 Å². The Hall–Kier alpha value is -1.10. The summed E-state index contributed by atoms with van der Waals surface area (Å²) in [7, 11) is 0. The van der Waals surface area contributed by atoms with Crippen molar-refractivity contribution in [3.05, 3.63) is 0 Å². The number of rotatable bonds is 2. The van der Waals surface area contributed by atoms with E-state index in [1.54, 1.807) is 0 Å². The first-order valence-corrected chi connectivity index (χ1v) is 8.99. The maximum absolute atomic E-state index is 12.3. The van der Waals surface area contributed by atoms with Crippen LogP contribution in [-0.2, 0) is 9.59 Å². The van der Waals surface area contributed by atoms with Crippen molar-refractivity contribution in [1.29, 1.82) is 0 Å². The summed E-state index contributed by atoms with van der Waals surface area (Å²) in [5, 5.41) is 9.46. The summed E-state index contributed by atoms with van der Waals surface area (Å²) in [4.78, 5) is 24.5. The Kier molecular flexibility index (Phi) is 5.39. The predicted octanol–water partition coefficient (Wildman–Crippen LogP) is 2.11. The van der Waals surface area contributed by atoms with Crippen molar-refractivity contribution in [2.45, 2.75) is 96.3 Å². The minimum Gasteiger partial charge on any atom is -0.345 e. The van der Waals surface area contributed by atoms with Crippen LogP contribution in [0.3, 0.4) is 0 Å². The summed E-state index contributed by atoms with van der Waals surface area (Å²) >= 11 is 0. The van der Waals surface area contributed by atoms with E-state index >= 15 is 0 Å². The van der Waals surface area contributed by atoms with Gasteiger partial charge in [-0.15, -0.1) is 0 Å². The van der Waals surface area contributed by atoms with Crippen LogP contribution in [0, 0.1) is 5.92 Å². The highest BCUT2D eigenvalue weighted by Crippen LogP contribution is 2.28. The minimum absolute atomic E-state index is 0.0308. The van der Waals surface area contributed by atoms with Gasteiger partial charge >= 0.3 is 11.8 Å². The standard InChI is InChI=1S/C18H33N3O2/c1-12-8-6-7-9-14(12)20-16(23)15(22)19-13-10-17(2,3)21-18(4,5)11-13/h12-14,21H,6-11H2,1-5H3,(H,19,22)(H,20,23)/t12-,14-/m0/s1. The highest BCUT2D eigenvalue weighted by Gasteiger charge is 2.38. The number of hydrogen-bond acceptors (Lipinski definition) is 3. The van der Waals surface area contributed by atoms with Gasteiger partial charge in [0.05, 0.1) is 0 Å². The molecule has 23 heavy (non-hydrogen) atoms. The van der Waals surface area contributed by atoms with Crippen LogP contribution in [-0.4, -0.2) is 35.0 Å². The van der Waals surface area contributed by atoms with Crippen LogP contribution in [0.5, 0.6) is 0 Å². The molecule has 5 nitrogen and oxygen atoms in total. The van der Waals surface area contributed by atoms with E-state index < -0.39 is 11.8 Å². The second-order valence-corrected chi connectivity index (χ2v) is 8.81. The summed E-state index contributed by atoms with van der Waals surface area (Å²) in [5.41, 5.74) is -0.0951. The third-order valence-electron chi connectivity index (χ3n) is 5.16. The first-order chi connectivity index (χ1) is 10.6. The van der Waals surface area contributed by atoms with Crippen LogP contribution in [0.15, 0.2) is 0 Å². The Balaban J connectivity index is 1.89. The summed E-state index contributed by atoms with van der Waals surface area (Å²) in [6.45, 7) is 10.7. The molecule has 1 aliphatic heterocycles. The Labute approximate surface area is 140 Å². The van der Waals surface area contributed by atoms with Crippen molar-refractivity contribution in [1.82, 2.24) is 16.0 Å². The maximum Gasteiger partial charge on any atom is 0.309 e. The van der Waals surface area contributed by atoms with Gasteiger partial charge < -0.3 is 16.0 Å². The second-order valence-electron chi connectivity index (χ2n) is 8.81. The first kappa shape index (κ1) is 18.2. The van der Waals surface area contributed by atoms with Gasteiger partial charge in [0.2, 0.25) is 0 Å². The van der Waals surface area contributed by atoms with Crippen LogP contribution in [0.2, 0.25) is 0 Å². The lowest BCUT2D eigenvalue weighted by atomic mass is 9.79. The topological polar surface area (TPSA) is 70.2 Å². The van der Waals surface area contributed by atoms with E-state index in [1.165, 1.54) is 6.42 Å². The molecule has 2 aliphatic rings. The van der Waals surface area contributed by atoms with Gasteiger partial charge in [0.1, 0.15) is 0 Å². The fourth-order valence-electron chi connectivity index (χ4n) is 4.44. The molecule has 2 rings (SSSR count). The zero-order chi connectivity index (χ0) is 17.3. The molecule has 2 amide bonds. The van der Waals surface area contributed by atoms with E-state index in [4.69, 9.17) is 0 Å². The summed E-state index contributed by atoms with van der Waals surface area (Å²) in [6.07, 6.45) is 6.12. The van der Waals surface area contributed by atoms with Gasteiger partial charge in [0.15, 0.2) is 0 Å². The quantitative estimate of drug-likeness (QED) is 0.682. The van der Waals surface area contributed by atoms with Crippen molar-refractivity contribution in [2.24, 2.45) is 5.92 Å². The van der Waals surface area contributed by atoms with Crippen molar-refractivity contribution in [2.75, 3.05) is 0 Å². The molecule has 2 fully saturated rings. The van der Waals surface area contributed by atoms with Gasteiger partial charge in [0, 0.05) is 23.2 Å². The van der Waals surface area contributed by atoms with E-state index in [-0.39, 0.29) is 23.2 Å². The highest BCUT2D eigenvalue weighted by atomic mass is 16.2. The Morgan fingerprint density at radius 3 is 2.00 bits per heavy atom. The molecule has 1 heterocycles. The lowest BCUT2D eigenvalue weighted by Gasteiger charge is -2.46. The molecular formula is C18H33N3O2. The molecule has 0 aromatic heterocycles. The molecule has 1 saturated heterocycles. The third kappa shape index (κ3) is 5.20. The van der Waals surface area contributed by atoms with Gasteiger partial charge in [-0.25, -0.2) is 0 Å². The predicted molar refractivity (Wildman–Crippen MR) is 92.0 cm³/mol. The molecular weight excluding hydrogens is 290 g/mol. The molecule has 3 N–H and O–H groups in total. The minimum atomic E-state index is -0.485. The number of carbonyl (C=O) groups is 2. The van der Waals surface area contributed by atoms with Gasteiger partial charge in [0.25, 0.3) is 0 Å². The summed E-state index contributed by atoms with van der Waals surface area (Å²) in [6, 6.07) is 0.172. The Morgan fingerprint density at radius 1 is 0.913 bits per heavy atom. The highest BCUT2D eigenvalue weighted by molar-refractivity contribution is 6.35. The van der Waals surface area contributed by atoms with Gasteiger partial charge in [-0.05, 0) is 59.3 Å². The SMILES string of the molecule is C[C@H]1CCCC[C@@H]1NC(=O)C(=O)NC1CC(C)(C)NC(C)(C)C1. The van der Waals surface area contributed by atoms with Crippen LogP contribution in [0.4, 0.5) is 0 Å². The Morgan fingerprint density at radius 2 is 1.43 bits per heavy atom. The molecule has 0 bridgehead atoms. The average Bonchev–Trinajstić information content (AvgIpc) is 2.37. The van der Waals surface area contributed by atoms with E-state index in [9.17, 15) is 9.59 Å². The summed E-state index contributed by atoms with van der Waals surface area (Å²) in [5.74, 6) is -0.503. The molecule has 0 spiro atoms. The van der Waals surface area contributed by atoms with Crippen molar-refractivity contribution in [3.63, 3.8) is 0 Å². The van der Waals surface area contributed by atoms with Gasteiger partial charge in [-0.1, -0.05) is 19.8 Å². The molecule has 0 aromatic carbocycles. The molecule has 1 saturated carbocycles. The van der Waals surface area contributed by atoms with E-state index in [0.29, 0.717) is 5.92 Å². The van der Waals surface area contributed by atoms with Crippen molar-refractivity contribution in [3.8, 4) is 0 Å². The Bertz CT molecular complexity index is 443. The van der Waals surface area contributed by atoms with E-state index in [0.717, 1.165) is 32.1 Å². The molecule has 0 unspecified atom stereocenters. The number of nitrogens with one attached hydrogen (secondary N) is 3. The fourth-order valence-corrected chi connectivity index (χ4v) is 4.44.